The molecule has 0 spiro atoms. The molecule has 0 aromatic carbocycles. The molecular weight excluding hydrogens is 333 g/mol. The van der Waals surface area contributed by atoms with E-state index in [9.17, 15) is 0 Å². The molecule has 0 saturated carbocycles. The van der Waals surface area contributed by atoms with Crippen molar-refractivity contribution in [2.24, 2.45) is 0 Å². The van der Waals surface area contributed by atoms with Gasteiger partial charge >= 0.3 is 0 Å². The summed E-state index contributed by atoms with van der Waals surface area (Å²) < 4.78 is 0. The average Bonchev–Trinajstić information content (AvgIpc) is 1.14. The maximum atomic E-state index is 2.65. The van der Waals surface area contributed by atoms with Crippen LogP contribution in [0.25, 0.3) is 0 Å². The Labute approximate surface area is 110 Å². The second-order valence-electron chi connectivity index (χ2n) is 4.88. The summed E-state index contributed by atoms with van der Waals surface area (Å²) in [5.41, 5.74) is 2.65. The van der Waals surface area contributed by atoms with Crippen LogP contribution in [0.2, 0.25) is 39.3 Å². The van der Waals surface area contributed by atoms with E-state index >= 15 is 0 Å². The first-order chi connectivity index (χ1) is 3.71. The van der Waals surface area contributed by atoms with Crippen LogP contribution in [0.1, 0.15) is 0 Å². The van der Waals surface area contributed by atoms with Gasteiger partial charge in [-0.25, -0.2) is 0 Å². The molecule has 5 heteroatoms. The average molecular weight is 352 g/mol. The van der Waals surface area contributed by atoms with Gasteiger partial charge in [-0.2, -0.15) is 0 Å². The molecule has 0 fully saturated rings. The van der Waals surface area contributed by atoms with Crippen LogP contribution < -0.4 is 24.8 Å². The quantitative estimate of drug-likeness (QED) is 0.454. The fourth-order valence-electron chi connectivity index (χ4n) is 1.30. The van der Waals surface area contributed by atoms with Gasteiger partial charge in [-0.3, -0.25) is 0 Å². The zero-order chi connectivity index (χ0) is 7.71. The number of rotatable bonds is 2. The Balaban J connectivity index is -0.000000107. The monoisotopic (exact) mass is 350 g/mol. The third-order valence-corrected chi connectivity index (χ3v) is 7.79. The van der Waals surface area contributed by atoms with Crippen LogP contribution in [0.15, 0.2) is 0 Å². The first-order valence-corrected chi connectivity index (χ1v) is 10.7. The molecule has 0 nitrogen and oxygen atoms in total. The minimum Gasteiger partial charge on any atom is -1.00 e. The van der Waals surface area contributed by atoms with Crippen LogP contribution in [-0.4, -0.2) is 40.6 Å². The topological polar surface area (TPSA) is 0 Å². The van der Waals surface area contributed by atoms with Gasteiger partial charge in [0, 0.05) is 40.6 Å². The zero-order valence-electron chi connectivity index (χ0n) is 8.78. The standard InChI is InChI=1S/C7H19Si2.2ClH.Sb/c1-8(2,3)7-9(4,5)6;;;/h7H,1-6H3;2*1H;/p-2. The SMILES string of the molecule is C[Si](C)(C)[CH][Si](C)(C)C.[Cl-].[Cl-].[Sb]. The van der Waals surface area contributed by atoms with Crippen LogP contribution in [0, 0.1) is 5.67 Å². The van der Waals surface area contributed by atoms with E-state index in [2.05, 4.69) is 44.9 Å². The molecule has 76 valence electrons. The fourth-order valence-corrected chi connectivity index (χ4v) is 11.7. The Hall–Kier alpha value is 1.83. The molecule has 0 aromatic rings. The predicted molar refractivity (Wildman–Crippen MR) is 56.7 cm³/mol. The van der Waals surface area contributed by atoms with Gasteiger partial charge in [-0.1, -0.05) is 44.9 Å². The van der Waals surface area contributed by atoms with Gasteiger partial charge < -0.3 is 24.8 Å². The van der Waals surface area contributed by atoms with Crippen molar-refractivity contribution in [1.29, 1.82) is 0 Å². The third kappa shape index (κ3) is 22.6. The Morgan fingerprint density at radius 1 is 0.667 bits per heavy atom. The minimum absolute atomic E-state index is 0. The van der Waals surface area contributed by atoms with E-state index in [0.29, 0.717) is 0 Å². The van der Waals surface area contributed by atoms with E-state index in [-0.39, 0.29) is 49.2 Å². The molecule has 0 heterocycles. The van der Waals surface area contributed by atoms with Crippen molar-refractivity contribution in [1.82, 2.24) is 0 Å². The molecule has 0 aliphatic carbocycles. The molecule has 0 aromatic heterocycles. The van der Waals surface area contributed by atoms with Crippen molar-refractivity contribution in [2.75, 3.05) is 0 Å². The molecule has 0 N–H and O–H groups in total. The molecule has 0 aliphatic heterocycles. The number of hydrogen-bond acceptors (Lipinski definition) is 0. The number of hydrogen-bond donors (Lipinski definition) is 0. The molecule has 0 saturated heterocycles. The van der Waals surface area contributed by atoms with Crippen LogP contribution in [0.4, 0.5) is 0 Å². The Morgan fingerprint density at radius 3 is 0.833 bits per heavy atom. The summed E-state index contributed by atoms with van der Waals surface area (Å²) >= 11 is 0. The molecule has 0 rings (SSSR count). The predicted octanol–water partition coefficient (Wildman–Crippen LogP) is -3.43. The van der Waals surface area contributed by atoms with Gasteiger partial charge in [0.15, 0.2) is 0 Å². The largest absolute Gasteiger partial charge is 1.00 e. The maximum absolute atomic E-state index is 2.65. The Bertz CT molecular complexity index is 84.6. The van der Waals surface area contributed by atoms with Crippen molar-refractivity contribution >= 4 is 40.6 Å². The molecule has 0 bridgehead atoms. The van der Waals surface area contributed by atoms with Crippen LogP contribution in [0.5, 0.6) is 0 Å². The Morgan fingerprint density at radius 2 is 0.833 bits per heavy atom. The van der Waals surface area contributed by atoms with E-state index in [1.54, 1.807) is 0 Å². The van der Waals surface area contributed by atoms with E-state index in [4.69, 9.17) is 0 Å². The van der Waals surface area contributed by atoms with Crippen LogP contribution in [-0.2, 0) is 0 Å². The van der Waals surface area contributed by atoms with Gasteiger partial charge in [-0.15, -0.1) is 0 Å². The van der Waals surface area contributed by atoms with Crippen molar-refractivity contribution in [3.8, 4) is 0 Å². The van der Waals surface area contributed by atoms with E-state index in [1.165, 1.54) is 0 Å². The molecular formula is C7H19Cl2SbSi2-2. The summed E-state index contributed by atoms with van der Waals surface area (Å²) in [4.78, 5) is 0. The van der Waals surface area contributed by atoms with Gasteiger partial charge in [0.1, 0.15) is 0 Å². The van der Waals surface area contributed by atoms with Gasteiger partial charge in [0.25, 0.3) is 0 Å². The molecule has 12 heavy (non-hydrogen) atoms. The summed E-state index contributed by atoms with van der Waals surface area (Å²) in [7, 11) is -1.71. The normalized spacial score (nSPS) is 10.5. The summed E-state index contributed by atoms with van der Waals surface area (Å²) in [5.74, 6) is 0. The van der Waals surface area contributed by atoms with Gasteiger partial charge in [-0.05, 0) is 0 Å². The summed E-state index contributed by atoms with van der Waals surface area (Å²) in [6.45, 7) is 14.4. The van der Waals surface area contributed by atoms with Crippen LogP contribution >= 0.6 is 0 Å². The summed E-state index contributed by atoms with van der Waals surface area (Å²) in [6, 6.07) is 0. The van der Waals surface area contributed by atoms with Crippen molar-refractivity contribution in [2.45, 2.75) is 39.3 Å². The van der Waals surface area contributed by atoms with Gasteiger partial charge in [0.05, 0.1) is 0 Å². The fraction of sp³-hybridized carbons (Fsp3) is 0.857. The second-order valence-corrected chi connectivity index (χ2v) is 15.5. The smallest absolute Gasteiger partial charge is 0.0444 e. The molecule has 0 amide bonds. The third-order valence-electron chi connectivity index (χ3n) is 0.866. The van der Waals surface area contributed by atoms with Crippen LogP contribution in [0.3, 0.4) is 0 Å². The maximum Gasteiger partial charge on any atom is 0.0444 e. The van der Waals surface area contributed by atoms with Crippen molar-refractivity contribution in [3.05, 3.63) is 5.67 Å². The van der Waals surface area contributed by atoms with E-state index in [0.717, 1.165) is 0 Å². The minimum atomic E-state index is -0.856. The van der Waals surface area contributed by atoms with E-state index in [1.807, 2.05) is 0 Å². The summed E-state index contributed by atoms with van der Waals surface area (Å²) in [5, 5.41) is 0. The van der Waals surface area contributed by atoms with Gasteiger partial charge in [0.2, 0.25) is 0 Å². The molecule has 4 radical (unpaired) electrons. The van der Waals surface area contributed by atoms with Crippen molar-refractivity contribution < 1.29 is 24.8 Å². The van der Waals surface area contributed by atoms with E-state index < -0.39 is 16.1 Å². The first kappa shape index (κ1) is 23.6. The first-order valence-electron chi connectivity index (χ1n) is 3.58. The second kappa shape index (κ2) is 8.17. The molecule has 0 aliphatic rings. The van der Waals surface area contributed by atoms with Crippen molar-refractivity contribution in [3.63, 3.8) is 0 Å². The number of halogens is 2. The molecule has 0 unspecified atom stereocenters. The summed E-state index contributed by atoms with van der Waals surface area (Å²) in [6.07, 6.45) is 0. The zero-order valence-corrected chi connectivity index (χ0v) is 14.8. The Kier molecular flexibility index (Phi) is 16.0. The molecule has 0 atom stereocenters.